The van der Waals surface area contributed by atoms with Crippen LogP contribution in [0.25, 0.3) is 59.4 Å². The first-order chi connectivity index (χ1) is 72.7. The summed E-state index contributed by atoms with van der Waals surface area (Å²) in [5.74, 6) is 5.49. The second-order valence-electron chi connectivity index (χ2n) is 43.4. The van der Waals surface area contributed by atoms with E-state index in [9.17, 15) is 1.37 Å². The molecular weight excluding hydrogens is 1650 g/mol. The van der Waals surface area contributed by atoms with Crippen molar-refractivity contribution in [3.63, 3.8) is 0 Å². The lowest BCUT2D eigenvalue weighted by Crippen LogP contribution is -2.46. The summed E-state index contributed by atoms with van der Waals surface area (Å²) in [6.45, 7) is 9.76. The van der Waals surface area contributed by atoms with Crippen LogP contribution in [0.5, 0.6) is 0 Å². The summed E-state index contributed by atoms with van der Waals surface area (Å²) in [5, 5.41) is 0. The van der Waals surface area contributed by atoms with Gasteiger partial charge in [0.1, 0.15) is 51.2 Å². The Labute approximate surface area is 840 Å². The second-order valence-corrected chi connectivity index (χ2v) is 43.4. The average Bonchev–Trinajstić information content (AvgIpc) is 1.53. The second kappa shape index (κ2) is 39.4. The Morgan fingerprint density at radius 1 is 0.287 bits per heavy atom. The first-order valence-electron chi connectivity index (χ1n) is 61.4. The van der Waals surface area contributed by atoms with Gasteiger partial charge in [0.15, 0.2) is 34.2 Å². The van der Waals surface area contributed by atoms with E-state index in [1.807, 2.05) is 134 Å². The van der Waals surface area contributed by atoms with Gasteiger partial charge in [0.25, 0.3) is 29.1 Å². The van der Waals surface area contributed by atoms with Crippen LogP contribution < -0.4 is 22.8 Å². The van der Waals surface area contributed by atoms with E-state index in [-0.39, 0.29) is 33.4 Å². The molecule has 13 aliphatic rings. The van der Waals surface area contributed by atoms with Crippen molar-refractivity contribution in [1.82, 2.24) is 22.8 Å². The highest BCUT2D eigenvalue weighted by atomic mass is 15.2. The summed E-state index contributed by atoms with van der Waals surface area (Å²) >= 11 is 0. The maximum Gasteiger partial charge on any atom is 0.263 e. The highest BCUT2D eigenvalue weighted by Gasteiger charge is 2.60. The van der Waals surface area contributed by atoms with Crippen LogP contribution in [0.1, 0.15) is 385 Å². The van der Waals surface area contributed by atoms with E-state index in [0.717, 1.165) is 135 Å². The SMILES string of the molecule is [2H]C([2H])([2H])c1n(-c2ccccc2C)c(C)c2[n+]1C=CC2(C1CCCC1)C1CCCC1.[2H]C([2H])([2H])c1n(-c2ccccc2C)c(C)c2[n+]1C=CC2(C1CCCCC1)C1CCCC1.[2H]C([2H])([2H])c1n(-c2ccccc2C)c(C)c2[n+]1C=CC2(C1CCCCC1)C1CCCCC1.[2H]C([2H])([2H])c1n(-c2ccccc2C)c(C)c2[n+]1C=CC2(c1ccccc1)C1CCCCC1.[2H]C([2H])([2H])c1n2c(c(C)[n+]1-c1ccccc1C)C([2H])(C1CCCCC1)C=C2. The van der Waals surface area contributed by atoms with Crippen LogP contribution in [0.15, 0.2) is 182 Å². The van der Waals surface area contributed by atoms with E-state index < -0.39 is 40.2 Å². The van der Waals surface area contributed by atoms with Crippen LogP contribution in [0, 0.1) is 151 Å². The molecule has 0 saturated heterocycles. The van der Waals surface area contributed by atoms with Gasteiger partial charge in [-0.25, -0.2) is 22.8 Å². The summed E-state index contributed by atoms with van der Waals surface area (Å²) < 4.78 is 155. The van der Waals surface area contributed by atoms with E-state index in [4.69, 9.17) is 20.6 Å². The van der Waals surface area contributed by atoms with Crippen LogP contribution in [0.4, 0.5) is 0 Å². The highest BCUT2D eigenvalue weighted by molar-refractivity contribution is 5.56. The minimum atomic E-state index is -2.27. The van der Waals surface area contributed by atoms with E-state index in [1.165, 1.54) is 222 Å². The minimum Gasteiger partial charge on any atom is -0.203 e. The Hall–Kier alpha value is -9.93. The Kier molecular flexibility index (Phi) is 22.0. The van der Waals surface area contributed by atoms with Gasteiger partial charge in [-0.1, -0.05) is 256 Å². The Morgan fingerprint density at radius 3 is 0.897 bits per heavy atom. The van der Waals surface area contributed by atoms with Gasteiger partial charge in [0.2, 0.25) is 0 Å². The van der Waals surface area contributed by atoms with Gasteiger partial charge >= 0.3 is 0 Å². The molecule has 3 atom stereocenters. The van der Waals surface area contributed by atoms with Crippen molar-refractivity contribution in [2.75, 3.05) is 0 Å². The highest BCUT2D eigenvalue weighted by Crippen LogP contribution is 2.59. The van der Waals surface area contributed by atoms with Crippen LogP contribution in [-0.2, 0) is 21.7 Å². The van der Waals surface area contributed by atoms with Gasteiger partial charge in [-0.2, -0.15) is 22.8 Å². The number of hydrogen-bond acceptors (Lipinski definition) is 0. The molecule has 8 aliphatic carbocycles. The molecule has 0 bridgehead atoms. The van der Waals surface area contributed by atoms with E-state index >= 15 is 0 Å². The fraction of sp³-hybridized carbons (Fsp3) is 0.516. The van der Waals surface area contributed by atoms with Crippen LogP contribution in [0.3, 0.4) is 0 Å². The summed E-state index contributed by atoms with van der Waals surface area (Å²) in [7, 11) is 0. The number of fused-ring (bicyclic) bond motifs is 5. The summed E-state index contributed by atoms with van der Waals surface area (Å²) in [6.07, 6.45) is 68.2. The van der Waals surface area contributed by atoms with Crippen LogP contribution >= 0.6 is 0 Å². The van der Waals surface area contributed by atoms with E-state index in [2.05, 4.69) is 189 Å². The maximum absolute atomic E-state index is 9.32. The van der Waals surface area contributed by atoms with Crippen LogP contribution in [-0.4, -0.2) is 22.8 Å². The van der Waals surface area contributed by atoms with Crippen LogP contribution in [0.2, 0.25) is 0 Å². The molecule has 10 nitrogen and oxygen atoms in total. The smallest absolute Gasteiger partial charge is 0.203 e. The molecule has 10 heteroatoms. The predicted molar refractivity (Wildman–Crippen MR) is 561 cm³/mol. The van der Waals surface area contributed by atoms with Crippen molar-refractivity contribution < 1.29 is 44.8 Å². The molecule has 11 aromatic rings. The van der Waals surface area contributed by atoms with E-state index in [0.29, 0.717) is 64.7 Å². The van der Waals surface area contributed by atoms with Crippen molar-refractivity contribution in [2.24, 2.45) is 47.3 Å². The lowest BCUT2D eigenvalue weighted by Gasteiger charge is -2.44. The number of rotatable bonds is 14. The number of para-hydroxylation sites is 5. The molecule has 0 spiro atoms. The molecule has 24 rings (SSSR count). The summed E-state index contributed by atoms with van der Waals surface area (Å²) in [4.78, 5) is 0. The molecule has 8 fully saturated rings. The molecule has 136 heavy (non-hydrogen) atoms. The Morgan fingerprint density at radius 2 is 0.566 bits per heavy atom. The molecule has 0 N–H and O–H groups in total. The third-order valence-corrected chi connectivity index (χ3v) is 36.3. The zero-order valence-electron chi connectivity index (χ0n) is 99.5. The first kappa shape index (κ1) is 76.0. The Balaban J connectivity index is 0.000000115. The molecule has 8 saturated carbocycles. The minimum absolute atomic E-state index is 0.00891. The summed E-state index contributed by atoms with van der Waals surface area (Å²) in [6, 6.07) is 51.2. The molecule has 712 valence electrons. The number of allylic oxidation sites excluding steroid dienone is 5. The van der Waals surface area contributed by atoms with Gasteiger partial charge in [-0.05, 0) is 279 Å². The third kappa shape index (κ3) is 16.0. The summed E-state index contributed by atoms with van der Waals surface area (Å²) in [5.41, 5.74) is 22.1. The normalized spacial score (nSPS) is 25.2. The lowest BCUT2D eigenvalue weighted by atomic mass is 9.57. The van der Waals surface area contributed by atoms with Gasteiger partial charge < -0.3 is 0 Å². The predicted octanol–water partition coefficient (Wildman–Crippen LogP) is 29.4. The molecule has 5 aromatic heterocycles. The standard InChI is InChI=1S/C27H37N2.C27H31N2.C26H35N2.C25H33N2.C21H27N2/c2*1-20-12-10-11-17-25(20)29-21(2)26-27(18-19-28(26)22(29)3,23-13-6-4-7-14-23)24-15-8-5-9-16-24;1-19-11-7-10-16-24(19)28-20(2)25-26(23-14-8-9-15-23,17-18-27(25)21(28)3)22-12-5-4-6-13-22;1-18-10-4-9-15-23(18)27-19(2)24-25(21-11-5-6-12-21,22-13-7-8-14-22)16-17-26(24)20(27)3;1-15-9-7-8-12-20(15)23-16(2)21-19(13-14-22(21)17(23)3)18-10-5-4-6-11-18/h10-12,17-19,23-24H,4-9,13-16H2,1-3H3;4,6-7,10-14,17-19,24H,5,8-9,15-16H2,1-3H3;7,10-11,16-18,22-23H,4-6,8-9,12-15H2,1-3H3;4,9-10,15-17,21-22H,5-8,11-14H2,1-3H3;7-9,12-14,18-19H,4-6,10-11H2,1-3H3/q5*+1/i4*3D3;3D3,19D. The molecule has 5 aliphatic heterocycles. The van der Waals surface area contributed by atoms with Gasteiger partial charge in [-0.3, -0.25) is 0 Å². The number of aromatic nitrogens is 10. The molecular formula is C126H163N10+5. The molecule has 3 unspecified atom stereocenters. The first-order valence-corrected chi connectivity index (χ1v) is 53.4. The number of nitrogens with zero attached hydrogens (tertiary/aromatic N) is 10. The molecule has 6 aromatic carbocycles. The molecule has 0 amide bonds. The van der Waals surface area contributed by atoms with Crippen molar-refractivity contribution in [3.8, 4) is 28.4 Å². The van der Waals surface area contributed by atoms with Crippen molar-refractivity contribution in [1.29, 1.82) is 0 Å². The van der Waals surface area contributed by atoms with E-state index in [1.54, 1.807) is 4.57 Å². The van der Waals surface area contributed by atoms with Gasteiger partial charge in [-0.15, -0.1) is 0 Å². The number of hydrogen-bond donors (Lipinski definition) is 0. The van der Waals surface area contributed by atoms with Crippen molar-refractivity contribution in [3.05, 3.63) is 301 Å². The number of benzene rings is 6. The maximum atomic E-state index is 9.32. The molecule has 10 heterocycles. The quantitative estimate of drug-likeness (QED) is 0.0974. The zero-order valence-corrected chi connectivity index (χ0v) is 83.5. The number of aryl methyl sites for hydroxylation is 5. The zero-order chi connectivity index (χ0) is 107. The van der Waals surface area contributed by atoms with Gasteiger partial charge in [0, 0.05) is 96.7 Å². The van der Waals surface area contributed by atoms with Crippen molar-refractivity contribution >= 4 is 31.0 Å². The monoisotopic (exact) mass is 1830 g/mol. The fourth-order valence-electron chi connectivity index (χ4n) is 30.0. The van der Waals surface area contributed by atoms with Crippen molar-refractivity contribution in [2.45, 2.75) is 369 Å². The topological polar surface area (TPSA) is 44.0 Å². The van der Waals surface area contributed by atoms with Gasteiger partial charge in [0.05, 0.1) is 52.7 Å². The lowest BCUT2D eigenvalue weighted by molar-refractivity contribution is -0.609. The average molecular weight is 1830 g/mol. The molecule has 0 radical (unpaired) electrons. The third-order valence-electron chi connectivity index (χ3n) is 36.3. The number of imidazole rings is 5. The Bertz CT molecular complexity index is 6970. The fourth-order valence-corrected chi connectivity index (χ4v) is 30.0. The largest absolute Gasteiger partial charge is 0.263 e.